The van der Waals surface area contributed by atoms with Gasteiger partial charge in [-0.05, 0) is 19.8 Å². The number of rotatable bonds is 3. The molecule has 0 aromatic carbocycles. The van der Waals surface area contributed by atoms with Crippen LogP contribution in [0.1, 0.15) is 52.4 Å². The van der Waals surface area contributed by atoms with Gasteiger partial charge < -0.3 is 4.74 Å². The van der Waals surface area contributed by atoms with Crippen molar-refractivity contribution in [1.82, 2.24) is 4.90 Å². The molecule has 0 N–H and O–H groups in total. The molecular weight excluding hydrogens is 206 g/mol. The standard InChI is InChI=1S/C12H21NO3/c1-3-11(14)13(12(15)16-4-2)10-8-6-5-7-9-10/h10H,3-9H2,1-2H3. The van der Waals surface area contributed by atoms with E-state index in [4.69, 9.17) is 4.74 Å². The van der Waals surface area contributed by atoms with E-state index in [9.17, 15) is 9.59 Å². The zero-order valence-electron chi connectivity index (χ0n) is 10.2. The lowest BCUT2D eigenvalue weighted by Crippen LogP contribution is -2.45. The van der Waals surface area contributed by atoms with Crippen LogP contribution < -0.4 is 0 Å². The highest BCUT2D eigenvalue weighted by Gasteiger charge is 2.30. The molecule has 1 aliphatic carbocycles. The van der Waals surface area contributed by atoms with Crippen LogP contribution in [-0.4, -0.2) is 29.5 Å². The summed E-state index contributed by atoms with van der Waals surface area (Å²) < 4.78 is 4.95. The van der Waals surface area contributed by atoms with Crippen molar-refractivity contribution in [2.24, 2.45) is 0 Å². The van der Waals surface area contributed by atoms with E-state index in [1.54, 1.807) is 13.8 Å². The van der Waals surface area contributed by atoms with Crippen molar-refractivity contribution in [1.29, 1.82) is 0 Å². The first-order chi connectivity index (χ1) is 7.70. The summed E-state index contributed by atoms with van der Waals surface area (Å²) in [7, 11) is 0. The highest BCUT2D eigenvalue weighted by atomic mass is 16.6. The maximum absolute atomic E-state index is 11.8. The van der Waals surface area contributed by atoms with Gasteiger partial charge in [0.05, 0.1) is 6.61 Å². The number of hydrogen-bond acceptors (Lipinski definition) is 3. The monoisotopic (exact) mass is 227 g/mol. The van der Waals surface area contributed by atoms with Crippen molar-refractivity contribution >= 4 is 12.0 Å². The minimum absolute atomic E-state index is 0.0558. The quantitative estimate of drug-likeness (QED) is 0.744. The van der Waals surface area contributed by atoms with E-state index in [1.165, 1.54) is 11.3 Å². The maximum Gasteiger partial charge on any atom is 0.416 e. The summed E-state index contributed by atoms with van der Waals surface area (Å²) in [5, 5.41) is 0. The van der Waals surface area contributed by atoms with E-state index in [2.05, 4.69) is 0 Å². The van der Waals surface area contributed by atoms with Crippen LogP contribution in [0.25, 0.3) is 0 Å². The molecule has 0 atom stereocenters. The molecule has 0 heterocycles. The Bertz CT molecular complexity index is 247. The first-order valence-electron chi connectivity index (χ1n) is 6.19. The smallest absolute Gasteiger partial charge is 0.416 e. The van der Waals surface area contributed by atoms with Crippen molar-refractivity contribution in [2.75, 3.05) is 6.61 Å². The van der Waals surface area contributed by atoms with Crippen LogP contribution >= 0.6 is 0 Å². The molecule has 0 saturated heterocycles. The molecule has 16 heavy (non-hydrogen) atoms. The molecule has 1 aliphatic rings. The highest BCUT2D eigenvalue weighted by molar-refractivity contribution is 5.92. The lowest BCUT2D eigenvalue weighted by molar-refractivity contribution is -0.131. The van der Waals surface area contributed by atoms with Gasteiger partial charge in [0.15, 0.2) is 0 Å². The van der Waals surface area contributed by atoms with Gasteiger partial charge in [0.2, 0.25) is 5.91 Å². The molecule has 1 fully saturated rings. The molecule has 0 unspecified atom stereocenters. The van der Waals surface area contributed by atoms with Crippen LogP contribution in [-0.2, 0) is 9.53 Å². The maximum atomic E-state index is 11.8. The van der Waals surface area contributed by atoms with E-state index in [0.717, 1.165) is 25.7 Å². The topological polar surface area (TPSA) is 46.6 Å². The number of hydrogen-bond donors (Lipinski definition) is 0. The van der Waals surface area contributed by atoms with Crippen molar-refractivity contribution < 1.29 is 14.3 Å². The van der Waals surface area contributed by atoms with Crippen molar-refractivity contribution in [3.8, 4) is 0 Å². The first-order valence-corrected chi connectivity index (χ1v) is 6.19. The Morgan fingerprint density at radius 2 is 1.81 bits per heavy atom. The Morgan fingerprint density at radius 3 is 2.31 bits per heavy atom. The second-order valence-electron chi connectivity index (χ2n) is 4.11. The Labute approximate surface area is 96.9 Å². The lowest BCUT2D eigenvalue weighted by Gasteiger charge is -2.31. The third kappa shape index (κ3) is 3.22. The van der Waals surface area contributed by atoms with Gasteiger partial charge in [-0.3, -0.25) is 4.79 Å². The second-order valence-corrected chi connectivity index (χ2v) is 4.11. The van der Waals surface area contributed by atoms with Gasteiger partial charge in [0.1, 0.15) is 0 Å². The molecule has 0 radical (unpaired) electrons. The van der Waals surface area contributed by atoms with Crippen LogP contribution in [0.5, 0.6) is 0 Å². The average Bonchev–Trinajstić information content (AvgIpc) is 2.31. The van der Waals surface area contributed by atoms with Gasteiger partial charge in [-0.2, -0.15) is 0 Å². The largest absolute Gasteiger partial charge is 0.449 e. The van der Waals surface area contributed by atoms with E-state index in [0.29, 0.717) is 13.0 Å². The van der Waals surface area contributed by atoms with Gasteiger partial charge in [0.25, 0.3) is 0 Å². The van der Waals surface area contributed by atoms with Crippen LogP contribution in [0.15, 0.2) is 0 Å². The third-order valence-electron chi connectivity index (χ3n) is 2.98. The Morgan fingerprint density at radius 1 is 1.19 bits per heavy atom. The minimum atomic E-state index is -0.471. The van der Waals surface area contributed by atoms with E-state index in [-0.39, 0.29) is 11.9 Å². The molecule has 0 aromatic heterocycles. The summed E-state index contributed by atoms with van der Waals surface area (Å²) in [4.78, 5) is 24.8. The summed E-state index contributed by atoms with van der Waals surface area (Å²) in [6.45, 7) is 3.85. The van der Waals surface area contributed by atoms with Crippen LogP contribution in [0.4, 0.5) is 4.79 Å². The number of carbonyl (C=O) groups excluding carboxylic acids is 2. The van der Waals surface area contributed by atoms with Crippen LogP contribution in [0, 0.1) is 0 Å². The summed E-state index contributed by atoms with van der Waals surface area (Å²) in [5.41, 5.74) is 0. The summed E-state index contributed by atoms with van der Waals surface area (Å²) >= 11 is 0. The van der Waals surface area contributed by atoms with Gasteiger partial charge >= 0.3 is 6.09 Å². The van der Waals surface area contributed by atoms with E-state index < -0.39 is 6.09 Å². The molecule has 2 amide bonds. The molecule has 92 valence electrons. The number of amides is 2. The molecule has 1 rings (SSSR count). The molecule has 0 bridgehead atoms. The lowest BCUT2D eigenvalue weighted by atomic mass is 9.94. The summed E-state index contributed by atoms with van der Waals surface area (Å²) in [6, 6.07) is 0.0558. The number of carbonyl (C=O) groups is 2. The second kappa shape index (κ2) is 6.51. The first kappa shape index (κ1) is 13.0. The number of nitrogens with zero attached hydrogens (tertiary/aromatic N) is 1. The molecule has 0 aromatic rings. The fourth-order valence-electron chi connectivity index (χ4n) is 2.16. The molecule has 0 spiro atoms. The summed E-state index contributed by atoms with van der Waals surface area (Å²) in [6.07, 6.45) is 5.12. The van der Waals surface area contributed by atoms with Gasteiger partial charge in [-0.1, -0.05) is 26.2 Å². The Balaban J connectivity index is 2.68. The van der Waals surface area contributed by atoms with Crippen LogP contribution in [0.3, 0.4) is 0 Å². The van der Waals surface area contributed by atoms with E-state index >= 15 is 0 Å². The van der Waals surface area contributed by atoms with Gasteiger partial charge in [-0.15, -0.1) is 0 Å². The fraction of sp³-hybridized carbons (Fsp3) is 0.833. The summed E-state index contributed by atoms with van der Waals surface area (Å²) in [5.74, 6) is -0.120. The van der Waals surface area contributed by atoms with Crippen molar-refractivity contribution in [3.05, 3.63) is 0 Å². The molecule has 1 saturated carbocycles. The normalized spacial score (nSPS) is 16.9. The predicted octanol–water partition coefficient (Wildman–Crippen LogP) is 2.71. The van der Waals surface area contributed by atoms with E-state index in [1.807, 2.05) is 0 Å². The Kier molecular flexibility index (Phi) is 5.29. The molecule has 4 nitrogen and oxygen atoms in total. The van der Waals surface area contributed by atoms with Gasteiger partial charge in [0, 0.05) is 12.5 Å². The number of imide groups is 1. The molecular formula is C12H21NO3. The SMILES string of the molecule is CCOC(=O)N(C(=O)CC)C1CCCCC1. The van der Waals surface area contributed by atoms with Crippen LogP contribution in [0.2, 0.25) is 0 Å². The average molecular weight is 227 g/mol. The van der Waals surface area contributed by atoms with Gasteiger partial charge in [-0.25, -0.2) is 9.69 Å². The zero-order chi connectivity index (χ0) is 12.0. The minimum Gasteiger partial charge on any atom is -0.449 e. The van der Waals surface area contributed by atoms with Crippen molar-refractivity contribution in [3.63, 3.8) is 0 Å². The van der Waals surface area contributed by atoms with Crippen molar-refractivity contribution in [2.45, 2.75) is 58.4 Å². The highest BCUT2D eigenvalue weighted by Crippen LogP contribution is 2.23. The predicted molar refractivity (Wildman–Crippen MR) is 61.0 cm³/mol. The number of ether oxygens (including phenoxy) is 1. The third-order valence-corrected chi connectivity index (χ3v) is 2.98. The zero-order valence-corrected chi connectivity index (χ0v) is 10.2. The molecule has 0 aliphatic heterocycles. The fourth-order valence-corrected chi connectivity index (χ4v) is 2.16. The molecule has 4 heteroatoms. The Hall–Kier alpha value is -1.06.